The molecule has 1 aliphatic rings. The van der Waals surface area contributed by atoms with E-state index in [0.29, 0.717) is 64.0 Å². The number of hydrogen-bond acceptors (Lipinski definition) is 15. The molecule has 28 heteroatoms. The smallest absolute Gasteiger partial charge is 0.305 e. The lowest BCUT2D eigenvalue weighted by molar-refractivity contribution is -0.140. The van der Waals surface area contributed by atoms with Crippen molar-refractivity contribution in [1.82, 2.24) is 47.4 Å². The van der Waals surface area contributed by atoms with Crippen LogP contribution >= 0.6 is 0 Å². The van der Waals surface area contributed by atoms with E-state index in [1.165, 1.54) is 4.90 Å². The minimum absolute atomic E-state index is 0.0465. The lowest BCUT2D eigenvalue weighted by Crippen LogP contribution is -2.60. The molecule has 0 bridgehead atoms. The fraction of sp³-hybridized carbons (Fsp3) is 0.774. The van der Waals surface area contributed by atoms with Crippen molar-refractivity contribution in [2.24, 2.45) is 51.4 Å². The summed E-state index contributed by atoms with van der Waals surface area (Å²) in [5.74, 6) is -9.30. The summed E-state index contributed by atoms with van der Waals surface area (Å²) in [4.78, 5) is 151. The summed E-state index contributed by atoms with van der Waals surface area (Å²) < 4.78 is 6.00. The van der Waals surface area contributed by atoms with Crippen LogP contribution in [0.15, 0.2) is 4.99 Å². The highest BCUT2D eigenvalue weighted by Crippen LogP contribution is 2.23. The second-order valence-corrected chi connectivity index (χ2v) is 22.3. The van der Waals surface area contributed by atoms with Gasteiger partial charge in [0.2, 0.25) is 59.1 Å². The van der Waals surface area contributed by atoms with Crippen LogP contribution in [0.2, 0.25) is 0 Å². The molecule has 0 aromatic heterocycles. The van der Waals surface area contributed by atoms with Gasteiger partial charge in [0.15, 0.2) is 5.96 Å². The molecular formula is C53H97N15O13. The highest BCUT2D eigenvalue weighted by atomic mass is 16.5. The molecule has 1 saturated heterocycles. The number of primary amides is 1. The monoisotopic (exact) mass is 1150 g/mol. The Bertz CT molecular complexity index is 2100. The minimum atomic E-state index is -1.57. The third-order valence-electron chi connectivity index (χ3n) is 13.3. The summed E-state index contributed by atoms with van der Waals surface area (Å²) in [6.45, 7) is 15.3. The van der Waals surface area contributed by atoms with Gasteiger partial charge in [0.25, 0.3) is 0 Å². The third kappa shape index (κ3) is 30.1. The molecule has 0 aliphatic carbocycles. The normalized spacial score (nSPS) is 15.5. The number of nitrogens with one attached hydrogen (secondary N) is 8. The second-order valence-electron chi connectivity index (χ2n) is 22.3. The van der Waals surface area contributed by atoms with E-state index < -0.39 is 132 Å². The number of ether oxygens (including phenoxy) is 1. The number of unbranched alkanes of at least 4 members (excludes halogenated alkanes) is 2. The lowest BCUT2D eigenvalue weighted by Gasteiger charge is -2.29. The fourth-order valence-electron chi connectivity index (χ4n) is 8.57. The number of hydrogen-bond donors (Lipinski definition) is 14. The van der Waals surface area contributed by atoms with Crippen LogP contribution in [0.3, 0.4) is 0 Å². The van der Waals surface area contributed by atoms with Gasteiger partial charge in [0.05, 0.1) is 25.1 Å². The van der Waals surface area contributed by atoms with E-state index in [4.69, 9.17) is 33.4 Å². The van der Waals surface area contributed by atoms with Crippen LogP contribution < -0.4 is 71.2 Å². The van der Waals surface area contributed by atoms with Crippen molar-refractivity contribution < 1.29 is 62.6 Å². The summed E-state index contributed by atoms with van der Waals surface area (Å²) >= 11 is 0. The zero-order valence-electron chi connectivity index (χ0n) is 49.0. The standard InChI is InChI=1S/C53H97N15O13/c1-31(2)20-26-81-53(7,8)21-19-42(71)68-25-14-18-39(68)50(79)61-29-40(69)60-30-41(70)62-34(15-9-11-22-54)46(75)63-36(17-13-24-59-52(57)58)48(77)67-44(33(5)6)51(80)64-35(16-10-12-23-55)47(76)66-38(27-32(3)4)49(78)65-37(45(56)74)28-43(72)73/h31-39,44H,9-30,54-55H2,1-8H3,(H2,56,74)(H,60,69)(H,61,79)(H,62,70)(H,63,75)(H,64,80)(H,65,78)(H,66,76)(H,67,77)(H,72,73)(H4,57,58,59)/t34-,35-,36-,37-,38-,39-,44-/m0/s1. The molecular weight excluding hydrogens is 1050 g/mol. The summed E-state index contributed by atoms with van der Waals surface area (Å²) in [5.41, 5.74) is 27.3. The van der Waals surface area contributed by atoms with Crippen molar-refractivity contribution in [3.05, 3.63) is 0 Å². The molecule has 1 fully saturated rings. The predicted molar refractivity (Wildman–Crippen MR) is 303 cm³/mol. The van der Waals surface area contributed by atoms with Crippen LogP contribution in [-0.4, -0.2) is 175 Å². The van der Waals surface area contributed by atoms with Gasteiger partial charge in [-0.15, -0.1) is 0 Å². The number of nitrogens with two attached hydrogens (primary N) is 5. The number of rotatable bonds is 41. The summed E-state index contributed by atoms with van der Waals surface area (Å²) in [5, 5.41) is 29.7. The Morgan fingerprint density at radius 1 is 0.630 bits per heavy atom. The quantitative estimate of drug-likeness (QED) is 0.0174. The van der Waals surface area contributed by atoms with Gasteiger partial charge in [-0.1, -0.05) is 41.5 Å². The highest BCUT2D eigenvalue weighted by molar-refractivity contribution is 5.98. The van der Waals surface area contributed by atoms with Crippen LogP contribution in [0.5, 0.6) is 0 Å². The maximum Gasteiger partial charge on any atom is 0.305 e. The maximum absolute atomic E-state index is 14.2. The topological polar surface area (TPSA) is 459 Å². The Labute approximate surface area is 476 Å². The fourth-order valence-corrected chi connectivity index (χ4v) is 8.57. The first kappa shape index (κ1) is 72.3. The van der Waals surface area contributed by atoms with Crippen LogP contribution in [0.25, 0.3) is 0 Å². The first-order valence-corrected chi connectivity index (χ1v) is 28.3. The van der Waals surface area contributed by atoms with Gasteiger partial charge in [-0.2, -0.15) is 0 Å². The van der Waals surface area contributed by atoms with E-state index in [1.54, 1.807) is 27.7 Å². The van der Waals surface area contributed by atoms with Gasteiger partial charge in [0.1, 0.15) is 42.3 Å². The largest absolute Gasteiger partial charge is 0.481 e. The summed E-state index contributed by atoms with van der Waals surface area (Å²) in [6.07, 6.45) is 3.68. The van der Waals surface area contributed by atoms with Crippen molar-refractivity contribution in [3.63, 3.8) is 0 Å². The number of nitrogens with zero attached hydrogens (tertiary/aromatic N) is 2. The van der Waals surface area contributed by atoms with Crippen LogP contribution in [0.1, 0.15) is 152 Å². The Morgan fingerprint density at radius 3 is 1.68 bits per heavy atom. The molecule has 1 aliphatic heterocycles. The van der Waals surface area contributed by atoms with E-state index in [9.17, 15) is 57.8 Å². The van der Waals surface area contributed by atoms with Crippen LogP contribution in [-0.2, 0) is 57.5 Å². The zero-order valence-corrected chi connectivity index (χ0v) is 49.0. The first-order chi connectivity index (χ1) is 38.0. The Kier molecular flexibility index (Phi) is 34.0. The van der Waals surface area contributed by atoms with Crippen molar-refractivity contribution >= 4 is 71.0 Å². The molecule has 0 unspecified atom stereocenters. The molecule has 81 heavy (non-hydrogen) atoms. The van der Waals surface area contributed by atoms with E-state index in [1.807, 2.05) is 13.8 Å². The van der Waals surface area contributed by atoms with Gasteiger partial charge in [-0.05, 0) is 128 Å². The number of carboxylic acid groups (broad SMARTS) is 1. The molecule has 0 saturated carbocycles. The van der Waals surface area contributed by atoms with Crippen LogP contribution in [0, 0.1) is 17.8 Å². The number of carbonyl (C=O) groups is 11. The molecule has 0 aromatic rings. The molecule has 0 aromatic carbocycles. The summed E-state index contributed by atoms with van der Waals surface area (Å²) in [7, 11) is 0. The second kappa shape index (κ2) is 38.1. The highest BCUT2D eigenvalue weighted by Gasteiger charge is 2.37. The first-order valence-electron chi connectivity index (χ1n) is 28.3. The lowest BCUT2D eigenvalue weighted by atomic mass is 9.99. The number of aliphatic carboxylic acids is 1. The Balaban J connectivity index is 3.21. The van der Waals surface area contributed by atoms with Gasteiger partial charge in [0, 0.05) is 26.1 Å². The van der Waals surface area contributed by atoms with Crippen molar-refractivity contribution in [3.8, 4) is 0 Å². The Hall–Kier alpha value is -6.68. The van der Waals surface area contributed by atoms with Gasteiger partial charge >= 0.3 is 5.97 Å². The number of likely N-dealkylation sites (tertiary alicyclic amines) is 1. The molecule has 10 amide bonds. The molecule has 19 N–H and O–H groups in total. The van der Waals surface area contributed by atoms with E-state index in [-0.39, 0.29) is 75.9 Å². The SMILES string of the molecule is CC(C)CCOC(C)(C)CCC(=O)N1CCC[C@H]1C(=O)NCC(=O)NCC(=O)N[C@@H](CCCCN)C(=O)N[C@@H](CCCN=C(N)N)C(=O)N[C@H](C(=O)N[C@@H](CCCCN)C(=O)N[C@@H](CC(C)C)C(=O)N[C@@H](CC(=O)O)C(N)=O)C(C)C. The molecule has 0 radical (unpaired) electrons. The van der Waals surface area contributed by atoms with Crippen molar-refractivity contribution in [2.45, 2.75) is 200 Å². The minimum Gasteiger partial charge on any atom is -0.481 e. The van der Waals surface area contributed by atoms with Crippen LogP contribution in [0.4, 0.5) is 0 Å². The number of carboxylic acids is 1. The van der Waals surface area contributed by atoms with Gasteiger partial charge in [-0.3, -0.25) is 57.7 Å². The molecule has 1 rings (SSSR count). The molecule has 28 nitrogen and oxygen atoms in total. The molecule has 1 heterocycles. The number of aliphatic imine (C=N–C) groups is 1. The van der Waals surface area contributed by atoms with Crippen molar-refractivity contribution in [1.29, 1.82) is 0 Å². The van der Waals surface area contributed by atoms with E-state index in [2.05, 4.69) is 61.4 Å². The molecule has 0 spiro atoms. The van der Waals surface area contributed by atoms with Crippen molar-refractivity contribution in [2.75, 3.05) is 45.9 Å². The average Bonchev–Trinajstić information content (AvgIpc) is 3.90. The molecule has 462 valence electrons. The predicted octanol–water partition coefficient (Wildman–Crippen LogP) is -2.29. The maximum atomic E-state index is 14.2. The summed E-state index contributed by atoms with van der Waals surface area (Å²) in [6, 6.07) is -8.79. The van der Waals surface area contributed by atoms with Gasteiger partial charge in [-0.25, -0.2) is 0 Å². The van der Waals surface area contributed by atoms with E-state index >= 15 is 0 Å². The third-order valence-corrected chi connectivity index (χ3v) is 13.3. The Morgan fingerprint density at radius 2 is 1.15 bits per heavy atom. The average molecular weight is 1150 g/mol. The van der Waals surface area contributed by atoms with E-state index in [0.717, 1.165) is 6.42 Å². The number of amides is 10. The number of carbonyl (C=O) groups excluding carboxylic acids is 10. The number of guanidine groups is 1. The molecule has 7 atom stereocenters. The van der Waals surface area contributed by atoms with Gasteiger partial charge < -0.3 is 85.9 Å². The zero-order chi connectivity index (χ0) is 61.4.